The first-order chi connectivity index (χ1) is 16.0. The predicted molar refractivity (Wildman–Crippen MR) is 124 cm³/mol. The van der Waals surface area contributed by atoms with E-state index in [1.54, 1.807) is 36.3 Å². The lowest BCUT2D eigenvalue weighted by Gasteiger charge is -2.45. The molecule has 33 heavy (non-hydrogen) atoms. The number of amides is 2. The molecule has 0 atom stereocenters. The minimum absolute atomic E-state index is 0.0386. The number of anilines is 3. The summed E-state index contributed by atoms with van der Waals surface area (Å²) in [5, 5.41) is 14.0. The first kappa shape index (κ1) is 22.3. The summed E-state index contributed by atoms with van der Waals surface area (Å²) in [5.74, 6) is 0.193. The summed E-state index contributed by atoms with van der Waals surface area (Å²) in [7, 11) is 1.59. The predicted octanol–water partition coefficient (Wildman–Crippen LogP) is 2.64. The number of hydrogen-bond acceptors (Lipinski definition) is 7. The van der Waals surface area contributed by atoms with Crippen molar-refractivity contribution in [2.75, 3.05) is 23.1 Å². The first-order valence-electron chi connectivity index (χ1n) is 10.9. The minimum Gasteiger partial charge on any atom is -0.497 e. The number of aromatic nitrogens is 4. The van der Waals surface area contributed by atoms with Crippen LogP contribution in [0.1, 0.15) is 32.1 Å². The molecular formula is C23H27N7O3. The van der Waals surface area contributed by atoms with E-state index in [2.05, 4.69) is 20.8 Å². The molecule has 0 bridgehead atoms. The van der Waals surface area contributed by atoms with Crippen LogP contribution in [-0.2, 0) is 16.1 Å². The largest absolute Gasteiger partial charge is 0.497 e. The van der Waals surface area contributed by atoms with E-state index in [4.69, 9.17) is 10.5 Å². The van der Waals surface area contributed by atoms with Gasteiger partial charge < -0.3 is 15.8 Å². The monoisotopic (exact) mass is 449 g/mol. The molecule has 3 N–H and O–H groups in total. The van der Waals surface area contributed by atoms with E-state index >= 15 is 0 Å². The quantitative estimate of drug-likeness (QED) is 0.567. The molecule has 1 fully saturated rings. The molecule has 1 saturated carbocycles. The molecule has 2 amide bonds. The van der Waals surface area contributed by atoms with Crippen molar-refractivity contribution in [2.24, 2.45) is 0 Å². The third kappa shape index (κ3) is 4.64. The normalized spacial score (nSPS) is 14.9. The maximum Gasteiger partial charge on any atom is 0.250 e. The maximum absolute atomic E-state index is 13.8. The number of nitrogens with two attached hydrogens (primary N) is 1. The molecule has 10 nitrogen and oxygen atoms in total. The number of carbonyl (C=O) groups excluding carboxylic acids is 2. The summed E-state index contributed by atoms with van der Waals surface area (Å²) in [6.07, 6.45) is 3.76. The van der Waals surface area contributed by atoms with Gasteiger partial charge in [-0.25, -0.2) is 4.68 Å². The van der Waals surface area contributed by atoms with Crippen molar-refractivity contribution in [3.05, 3.63) is 54.6 Å². The van der Waals surface area contributed by atoms with Crippen LogP contribution in [0.25, 0.3) is 0 Å². The fraction of sp³-hybridized carbons (Fsp3) is 0.348. The number of nitrogen functional groups attached to an aromatic ring is 1. The van der Waals surface area contributed by atoms with Gasteiger partial charge in [0.15, 0.2) is 0 Å². The summed E-state index contributed by atoms with van der Waals surface area (Å²) in [6.45, 7) is -0.175. The van der Waals surface area contributed by atoms with Gasteiger partial charge in [-0.3, -0.25) is 14.5 Å². The van der Waals surface area contributed by atoms with Crippen LogP contribution in [0.15, 0.2) is 54.6 Å². The fourth-order valence-corrected chi connectivity index (χ4v) is 4.34. The van der Waals surface area contributed by atoms with Crippen LogP contribution in [0.5, 0.6) is 5.75 Å². The van der Waals surface area contributed by atoms with Crippen LogP contribution in [0.2, 0.25) is 0 Å². The molecule has 1 aliphatic carbocycles. The van der Waals surface area contributed by atoms with E-state index in [9.17, 15) is 9.59 Å². The van der Waals surface area contributed by atoms with Crippen LogP contribution in [0.4, 0.5) is 17.3 Å². The molecule has 2 aromatic carbocycles. The van der Waals surface area contributed by atoms with Crippen molar-refractivity contribution in [2.45, 2.75) is 44.2 Å². The van der Waals surface area contributed by atoms with Crippen LogP contribution in [-0.4, -0.2) is 44.7 Å². The minimum atomic E-state index is -1.06. The molecule has 10 heteroatoms. The Labute approximate surface area is 191 Å². The standard InChI is InChI=1S/C23H27N7O3/c1-33-19-12-10-17(11-13-19)25-21(32)23(14-6-3-7-15-23)30(18-8-4-2-5-9-18)20(31)16-29-22(24)26-27-28-29/h2,4-5,8-13H,3,6-7,14-16H2,1H3,(H,25,32)(H2,24,26,28). The third-order valence-electron chi connectivity index (χ3n) is 5.99. The van der Waals surface area contributed by atoms with Crippen molar-refractivity contribution in [1.29, 1.82) is 0 Å². The summed E-state index contributed by atoms with van der Waals surface area (Å²) >= 11 is 0. The zero-order valence-corrected chi connectivity index (χ0v) is 18.5. The molecular weight excluding hydrogens is 422 g/mol. The summed E-state index contributed by atoms with van der Waals surface area (Å²) < 4.78 is 6.44. The highest BCUT2D eigenvalue weighted by Crippen LogP contribution is 2.38. The Morgan fingerprint density at radius 2 is 1.79 bits per heavy atom. The second-order valence-electron chi connectivity index (χ2n) is 8.03. The molecule has 0 radical (unpaired) electrons. The van der Waals surface area contributed by atoms with Crippen molar-refractivity contribution in [3.63, 3.8) is 0 Å². The Balaban J connectivity index is 1.71. The molecule has 1 aromatic heterocycles. The van der Waals surface area contributed by atoms with Crippen molar-refractivity contribution in [1.82, 2.24) is 20.2 Å². The molecule has 1 aliphatic rings. The molecule has 0 saturated heterocycles. The van der Waals surface area contributed by atoms with Crippen LogP contribution >= 0.6 is 0 Å². The van der Waals surface area contributed by atoms with Gasteiger partial charge in [0.1, 0.15) is 17.8 Å². The Bertz CT molecular complexity index is 1090. The fourth-order valence-electron chi connectivity index (χ4n) is 4.34. The Morgan fingerprint density at radius 3 is 2.39 bits per heavy atom. The zero-order valence-electron chi connectivity index (χ0n) is 18.5. The van der Waals surface area contributed by atoms with Gasteiger partial charge in [0, 0.05) is 11.4 Å². The van der Waals surface area contributed by atoms with Gasteiger partial charge >= 0.3 is 0 Å². The number of nitrogens with zero attached hydrogens (tertiary/aromatic N) is 5. The van der Waals surface area contributed by atoms with Crippen molar-refractivity contribution >= 4 is 29.1 Å². The Hall–Kier alpha value is -3.95. The molecule has 0 aliphatic heterocycles. The lowest BCUT2D eigenvalue weighted by Crippen LogP contribution is -2.61. The van der Waals surface area contributed by atoms with E-state index in [1.165, 1.54) is 4.68 Å². The number of tetrazole rings is 1. The Morgan fingerprint density at radius 1 is 1.09 bits per heavy atom. The van der Waals surface area contributed by atoms with E-state index in [0.717, 1.165) is 19.3 Å². The highest BCUT2D eigenvalue weighted by molar-refractivity contribution is 6.08. The number of hydrogen-bond donors (Lipinski definition) is 2. The van der Waals surface area contributed by atoms with E-state index in [-0.39, 0.29) is 24.3 Å². The SMILES string of the molecule is COc1ccc(NC(=O)C2(N(C(=O)Cn3nnnc3N)c3ccccc3)CCCCC2)cc1. The number of ether oxygens (including phenoxy) is 1. The van der Waals surface area contributed by atoms with E-state index < -0.39 is 5.54 Å². The number of rotatable bonds is 7. The van der Waals surface area contributed by atoms with Crippen LogP contribution < -0.4 is 20.7 Å². The average Bonchev–Trinajstić information content (AvgIpc) is 3.25. The topological polar surface area (TPSA) is 128 Å². The highest BCUT2D eigenvalue weighted by atomic mass is 16.5. The summed E-state index contributed by atoms with van der Waals surface area (Å²) in [4.78, 5) is 29.1. The van der Waals surface area contributed by atoms with Crippen molar-refractivity contribution in [3.8, 4) is 5.75 Å². The van der Waals surface area contributed by atoms with Gasteiger partial charge in [-0.2, -0.15) is 0 Å². The molecule has 0 unspecified atom stereocenters. The van der Waals surface area contributed by atoms with Gasteiger partial charge in [-0.1, -0.05) is 42.6 Å². The van der Waals surface area contributed by atoms with Gasteiger partial charge in [0.05, 0.1) is 7.11 Å². The third-order valence-corrected chi connectivity index (χ3v) is 5.99. The lowest BCUT2D eigenvalue weighted by atomic mass is 9.78. The summed E-state index contributed by atoms with van der Waals surface area (Å²) in [6, 6.07) is 16.4. The second kappa shape index (κ2) is 9.68. The Kier molecular flexibility index (Phi) is 6.53. The molecule has 0 spiro atoms. The first-order valence-corrected chi connectivity index (χ1v) is 10.9. The number of carbonyl (C=O) groups is 2. The lowest BCUT2D eigenvalue weighted by molar-refractivity contribution is -0.128. The van der Waals surface area contributed by atoms with Gasteiger partial charge in [0.2, 0.25) is 11.9 Å². The molecule has 172 valence electrons. The zero-order chi connectivity index (χ0) is 23.3. The number of nitrogens with one attached hydrogen (secondary N) is 1. The number of para-hydroxylation sites is 1. The van der Waals surface area contributed by atoms with Gasteiger partial charge in [-0.15, -0.1) is 0 Å². The average molecular weight is 450 g/mol. The smallest absolute Gasteiger partial charge is 0.250 e. The number of benzene rings is 2. The van der Waals surface area contributed by atoms with E-state index in [1.807, 2.05) is 30.3 Å². The van der Waals surface area contributed by atoms with Crippen LogP contribution in [0.3, 0.4) is 0 Å². The molecule has 1 heterocycles. The van der Waals surface area contributed by atoms with E-state index in [0.29, 0.717) is 30.0 Å². The maximum atomic E-state index is 13.8. The summed E-state index contributed by atoms with van der Waals surface area (Å²) in [5.41, 5.74) is 6.01. The molecule has 3 aromatic rings. The van der Waals surface area contributed by atoms with Crippen LogP contribution in [0, 0.1) is 0 Å². The van der Waals surface area contributed by atoms with Gasteiger partial charge in [-0.05, 0) is 59.7 Å². The second-order valence-corrected chi connectivity index (χ2v) is 8.03. The highest BCUT2D eigenvalue weighted by Gasteiger charge is 2.48. The molecule has 4 rings (SSSR count). The van der Waals surface area contributed by atoms with Crippen molar-refractivity contribution < 1.29 is 14.3 Å². The number of methoxy groups -OCH3 is 1. The van der Waals surface area contributed by atoms with Gasteiger partial charge in [0.25, 0.3) is 5.91 Å².